The van der Waals surface area contributed by atoms with Crippen LogP contribution in [0.5, 0.6) is 0 Å². The Morgan fingerprint density at radius 1 is 0.818 bits per heavy atom. The summed E-state index contributed by atoms with van der Waals surface area (Å²) in [5.41, 5.74) is 3.69. The fraction of sp³-hybridized carbons (Fsp3) is 0.300. The van der Waals surface area contributed by atoms with Gasteiger partial charge in [0.2, 0.25) is 0 Å². The van der Waals surface area contributed by atoms with Crippen LogP contribution in [0.3, 0.4) is 0 Å². The average Bonchev–Trinajstić information content (AvgIpc) is 2.59. The lowest BCUT2D eigenvalue weighted by Crippen LogP contribution is -2.23. The van der Waals surface area contributed by atoms with Crippen LogP contribution in [0.4, 0.5) is 0 Å². The molecule has 2 rings (SSSR count). The zero-order valence-corrected chi connectivity index (χ0v) is 13.1. The first-order valence-corrected chi connectivity index (χ1v) is 7.65. The summed E-state index contributed by atoms with van der Waals surface area (Å²) in [6.45, 7) is 4.43. The molecule has 0 atom stereocenters. The normalized spacial score (nSPS) is 10.7. The maximum absolute atomic E-state index is 8.97. The molecular weight excluding hydrogens is 268 g/mol. The number of hydrogen-bond donors (Lipinski definition) is 0. The van der Waals surface area contributed by atoms with Crippen LogP contribution in [-0.2, 0) is 5.41 Å². The molecule has 0 unspecified atom stereocenters. The van der Waals surface area contributed by atoms with Crippen molar-refractivity contribution in [1.82, 2.24) is 0 Å². The van der Waals surface area contributed by atoms with Gasteiger partial charge in [-0.15, -0.1) is 0 Å². The van der Waals surface area contributed by atoms with Gasteiger partial charge in [-0.25, -0.2) is 0 Å². The third-order valence-electron chi connectivity index (χ3n) is 4.33. The maximum Gasteiger partial charge on any atom is 0.0991 e. The van der Waals surface area contributed by atoms with Crippen molar-refractivity contribution in [2.24, 2.45) is 0 Å². The van der Waals surface area contributed by atoms with Crippen molar-refractivity contribution < 1.29 is 0 Å². The summed E-state index contributed by atoms with van der Waals surface area (Å²) in [7, 11) is 0. The van der Waals surface area contributed by atoms with Crippen LogP contribution >= 0.6 is 0 Å². The molecule has 2 nitrogen and oxygen atoms in total. The molecule has 0 amide bonds. The van der Waals surface area contributed by atoms with Crippen LogP contribution < -0.4 is 0 Å². The fourth-order valence-electron chi connectivity index (χ4n) is 2.81. The maximum atomic E-state index is 8.97. The van der Waals surface area contributed by atoms with E-state index in [0.29, 0.717) is 11.1 Å². The Morgan fingerprint density at radius 3 is 1.55 bits per heavy atom. The summed E-state index contributed by atoms with van der Waals surface area (Å²) in [5.74, 6) is 0. The molecule has 0 fully saturated rings. The molecular formula is C20H20N2. The Labute approximate surface area is 132 Å². The molecule has 0 aliphatic carbocycles. The molecule has 0 aliphatic heterocycles. The number of nitrogens with zero attached hydrogens (tertiary/aromatic N) is 2. The molecule has 22 heavy (non-hydrogen) atoms. The van der Waals surface area contributed by atoms with Gasteiger partial charge in [-0.1, -0.05) is 51.0 Å². The zero-order valence-electron chi connectivity index (χ0n) is 13.1. The smallest absolute Gasteiger partial charge is 0.0991 e. The quantitative estimate of drug-likeness (QED) is 0.783. The molecule has 2 aromatic carbocycles. The lowest BCUT2D eigenvalue weighted by molar-refractivity contribution is 0.493. The third-order valence-corrected chi connectivity index (χ3v) is 4.33. The first-order valence-electron chi connectivity index (χ1n) is 7.65. The third kappa shape index (κ3) is 3.18. The van der Waals surface area contributed by atoms with E-state index in [1.165, 1.54) is 11.1 Å². The van der Waals surface area contributed by atoms with E-state index in [9.17, 15) is 0 Å². The van der Waals surface area contributed by atoms with Crippen LogP contribution in [0.1, 0.15) is 55.4 Å². The minimum Gasteiger partial charge on any atom is -0.192 e. The van der Waals surface area contributed by atoms with Gasteiger partial charge in [0, 0.05) is 5.41 Å². The molecule has 110 valence electrons. The second kappa shape index (κ2) is 6.92. The molecule has 0 aromatic heterocycles. The lowest BCUT2D eigenvalue weighted by atomic mass is 9.72. The predicted octanol–water partition coefficient (Wildman–Crippen LogP) is 4.93. The lowest BCUT2D eigenvalue weighted by Gasteiger charge is -2.31. The largest absolute Gasteiger partial charge is 0.192 e. The summed E-state index contributed by atoms with van der Waals surface area (Å²) in [6, 6.07) is 20.0. The Morgan fingerprint density at radius 2 is 1.23 bits per heavy atom. The summed E-state index contributed by atoms with van der Waals surface area (Å²) >= 11 is 0. The predicted molar refractivity (Wildman–Crippen MR) is 88.3 cm³/mol. The van der Waals surface area contributed by atoms with Gasteiger partial charge in [0.15, 0.2) is 0 Å². The van der Waals surface area contributed by atoms with Crippen molar-refractivity contribution in [3.63, 3.8) is 0 Å². The first kappa shape index (κ1) is 15.8. The first-order chi connectivity index (χ1) is 10.6. The van der Waals surface area contributed by atoms with E-state index in [-0.39, 0.29) is 5.41 Å². The molecule has 0 heterocycles. The summed E-state index contributed by atoms with van der Waals surface area (Å²) < 4.78 is 0. The van der Waals surface area contributed by atoms with Crippen LogP contribution in [0, 0.1) is 22.7 Å². The highest BCUT2D eigenvalue weighted by Gasteiger charge is 2.28. The van der Waals surface area contributed by atoms with Crippen molar-refractivity contribution in [2.75, 3.05) is 0 Å². The van der Waals surface area contributed by atoms with E-state index in [1.807, 2.05) is 48.5 Å². The van der Waals surface area contributed by atoms with Crippen molar-refractivity contribution in [2.45, 2.75) is 38.5 Å². The molecule has 0 aliphatic rings. The molecule has 0 N–H and O–H groups in total. The van der Waals surface area contributed by atoms with Gasteiger partial charge in [-0.3, -0.25) is 0 Å². The standard InChI is InChI=1S/C20H20N2/c1-3-4-13-20(2,18-9-5-16(14-21)6-10-18)19-11-7-17(15-22)8-12-19/h5-12H,3-4,13H2,1-2H3. The molecule has 0 spiro atoms. The Bertz CT molecular complexity index is 640. The van der Waals surface area contributed by atoms with E-state index in [2.05, 4.69) is 26.0 Å². The average molecular weight is 288 g/mol. The van der Waals surface area contributed by atoms with Crippen LogP contribution in [0.2, 0.25) is 0 Å². The second-order valence-electron chi connectivity index (χ2n) is 5.81. The van der Waals surface area contributed by atoms with E-state index < -0.39 is 0 Å². The van der Waals surface area contributed by atoms with Crippen LogP contribution in [0.15, 0.2) is 48.5 Å². The molecule has 0 radical (unpaired) electrons. The number of unbranched alkanes of at least 4 members (excludes halogenated alkanes) is 1. The topological polar surface area (TPSA) is 47.6 Å². The van der Waals surface area contributed by atoms with E-state index >= 15 is 0 Å². The van der Waals surface area contributed by atoms with Gasteiger partial charge in [-0.2, -0.15) is 10.5 Å². The van der Waals surface area contributed by atoms with Crippen molar-refractivity contribution >= 4 is 0 Å². The summed E-state index contributed by atoms with van der Waals surface area (Å²) in [6.07, 6.45) is 3.32. The Hall–Kier alpha value is -2.58. The van der Waals surface area contributed by atoms with Gasteiger partial charge in [-0.05, 0) is 41.8 Å². The number of rotatable bonds is 5. The highest BCUT2D eigenvalue weighted by molar-refractivity contribution is 5.43. The van der Waals surface area contributed by atoms with Gasteiger partial charge in [0.1, 0.15) is 0 Å². The van der Waals surface area contributed by atoms with Crippen molar-refractivity contribution in [3.05, 3.63) is 70.8 Å². The summed E-state index contributed by atoms with van der Waals surface area (Å²) in [4.78, 5) is 0. The van der Waals surface area contributed by atoms with Crippen molar-refractivity contribution in [1.29, 1.82) is 10.5 Å². The number of benzene rings is 2. The van der Waals surface area contributed by atoms with Crippen molar-refractivity contribution in [3.8, 4) is 12.1 Å². The van der Waals surface area contributed by atoms with Crippen LogP contribution in [-0.4, -0.2) is 0 Å². The minimum atomic E-state index is -0.0992. The second-order valence-corrected chi connectivity index (χ2v) is 5.81. The monoisotopic (exact) mass is 288 g/mol. The summed E-state index contributed by atoms with van der Waals surface area (Å²) in [5, 5.41) is 17.9. The van der Waals surface area contributed by atoms with Gasteiger partial charge < -0.3 is 0 Å². The molecule has 0 bridgehead atoms. The van der Waals surface area contributed by atoms with Gasteiger partial charge in [0.05, 0.1) is 23.3 Å². The van der Waals surface area contributed by atoms with E-state index in [1.54, 1.807) is 0 Å². The fourth-order valence-corrected chi connectivity index (χ4v) is 2.81. The zero-order chi connectivity index (χ0) is 16.0. The highest BCUT2D eigenvalue weighted by atomic mass is 14.3. The van der Waals surface area contributed by atoms with Crippen LogP contribution in [0.25, 0.3) is 0 Å². The number of hydrogen-bond acceptors (Lipinski definition) is 2. The minimum absolute atomic E-state index is 0.0992. The van der Waals surface area contributed by atoms with E-state index in [0.717, 1.165) is 19.3 Å². The molecule has 2 heteroatoms. The van der Waals surface area contributed by atoms with Gasteiger partial charge >= 0.3 is 0 Å². The van der Waals surface area contributed by atoms with Gasteiger partial charge in [0.25, 0.3) is 0 Å². The van der Waals surface area contributed by atoms with E-state index in [4.69, 9.17) is 10.5 Å². The highest BCUT2D eigenvalue weighted by Crippen LogP contribution is 2.37. The number of nitriles is 2. The molecule has 0 saturated heterocycles. The molecule has 2 aromatic rings. The molecule has 0 saturated carbocycles. The Balaban J connectivity index is 2.45. The Kier molecular flexibility index (Phi) is 4.97. The SMILES string of the molecule is CCCCC(C)(c1ccc(C#N)cc1)c1ccc(C#N)cc1.